The monoisotopic (exact) mass is 540 g/mol. The van der Waals surface area contributed by atoms with Gasteiger partial charge in [0, 0.05) is 36.6 Å². The van der Waals surface area contributed by atoms with Crippen molar-refractivity contribution in [1.29, 1.82) is 0 Å². The standard InChI is InChI=1S/C22H26F2N6O4S2/c1-33-21(35)26-11-15-13-29(22(32)34-15)14-9-17(23)19(18(24)10-14)28-5-4-27-30(7-6-28)20(31)25-12-16-3-2-8-36-16/h2-3,8-10,15,27H,4-7,11-13H2,1H3,(H,25,31)(H,26,35)/t15-/m0/s1. The van der Waals surface area contributed by atoms with Crippen LogP contribution < -0.4 is 25.9 Å². The number of thiocarbonyl (C=S) groups is 1. The maximum atomic E-state index is 15.1. The summed E-state index contributed by atoms with van der Waals surface area (Å²) in [6.45, 7) is 1.72. The van der Waals surface area contributed by atoms with Crippen molar-refractivity contribution in [3.63, 3.8) is 0 Å². The van der Waals surface area contributed by atoms with Crippen LogP contribution >= 0.6 is 23.6 Å². The molecule has 0 saturated carbocycles. The zero-order chi connectivity index (χ0) is 25.7. The minimum atomic E-state index is -0.810. The van der Waals surface area contributed by atoms with Gasteiger partial charge >= 0.3 is 12.1 Å². The minimum absolute atomic E-state index is 0.0538. The van der Waals surface area contributed by atoms with Crippen LogP contribution in [0.1, 0.15) is 4.88 Å². The van der Waals surface area contributed by atoms with Crippen LogP contribution in [0.4, 0.5) is 29.7 Å². The highest BCUT2D eigenvalue weighted by atomic mass is 32.1. The third kappa shape index (κ3) is 6.12. The number of nitrogens with one attached hydrogen (secondary N) is 3. The Morgan fingerprint density at radius 2 is 2.06 bits per heavy atom. The molecule has 3 amide bonds. The Kier molecular flexibility index (Phi) is 8.38. The van der Waals surface area contributed by atoms with Crippen LogP contribution in [0.2, 0.25) is 0 Å². The molecule has 2 aliphatic rings. The first kappa shape index (κ1) is 25.9. The predicted molar refractivity (Wildman–Crippen MR) is 135 cm³/mol. The van der Waals surface area contributed by atoms with Crippen molar-refractivity contribution in [3.8, 4) is 0 Å². The second-order valence-electron chi connectivity index (χ2n) is 8.03. The number of benzene rings is 1. The number of halogens is 2. The summed E-state index contributed by atoms with van der Waals surface area (Å²) in [4.78, 5) is 28.5. The maximum Gasteiger partial charge on any atom is 0.414 e. The average Bonchev–Trinajstić information content (AvgIpc) is 3.44. The fourth-order valence-electron chi connectivity index (χ4n) is 3.92. The molecule has 0 radical (unpaired) electrons. The second kappa shape index (κ2) is 11.7. The van der Waals surface area contributed by atoms with Crippen LogP contribution in [-0.4, -0.2) is 74.8 Å². The van der Waals surface area contributed by atoms with E-state index in [-0.39, 0.29) is 55.3 Å². The van der Waals surface area contributed by atoms with E-state index in [0.717, 1.165) is 17.0 Å². The van der Waals surface area contributed by atoms with Gasteiger partial charge in [0.25, 0.3) is 5.17 Å². The molecule has 2 saturated heterocycles. The summed E-state index contributed by atoms with van der Waals surface area (Å²) in [5, 5.41) is 9.09. The number of amides is 3. The number of hydrogen-bond donors (Lipinski definition) is 3. The van der Waals surface area contributed by atoms with E-state index in [1.165, 1.54) is 21.9 Å². The van der Waals surface area contributed by atoms with Gasteiger partial charge in [0.1, 0.15) is 11.8 Å². The van der Waals surface area contributed by atoms with Crippen LogP contribution in [0.25, 0.3) is 0 Å². The van der Waals surface area contributed by atoms with Gasteiger partial charge in [-0.1, -0.05) is 6.07 Å². The van der Waals surface area contributed by atoms with Crippen LogP contribution in [0, 0.1) is 11.6 Å². The topological polar surface area (TPSA) is 98.4 Å². The lowest BCUT2D eigenvalue weighted by Gasteiger charge is -2.25. The van der Waals surface area contributed by atoms with Crippen LogP contribution in [0.3, 0.4) is 0 Å². The van der Waals surface area contributed by atoms with Crippen molar-refractivity contribution in [2.45, 2.75) is 12.6 Å². The lowest BCUT2D eigenvalue weighted by molar-refractivity contribution is 0.142. The van der Waals surface area contributed by atoms with E-state index < -0.39 is 23.8 Å². The lowest BCUT2D eigenvalue weighted by Crippen LogP contribution is -2.48. The van der Waals surface area contributed by atoms with E-state index in [4.69, 9.17) is 21.7 Å². The number of anilines is 2. The number of nitrogens with zero attached hydrogens (tertiary/aromatic N) is 3. The number of ether oxygens (including phenoxy) is 2. The number of urea groups is 1. The van der Waals surface area contributed by atoms with Gasteiger partial charge in [-0.25, -0.2) is 23.8 Å². The molecule has 2 aromatic rings. The molecule has 2 aliphatic heterocycles. The molecule has 10 nitrogen and oxygen atoms in total. The van der Waals surface area contributed by atoms with Crippen molar-refractivity contribution >= 4 is 52.2 Å². The summed E-state index contributed by atoms with van der Waals surface area (Å²) in [7, 11) is 1.41. The van der Waals surface area contributed by atoms with Gasteiger partial charge in [-0.3, -0.25) is 9.91 Å². The molecule has 0 aliphatic carbocycles. The fourth-order valence-corrected chi connectivity index (χ4v) is 4.65. The highest BCUT2D eigenvalue weighted by Gasteiger charge is 2.34. The number of rotatable bonds is 6. The summed E-state index contributed by atoms with van der Waals surface area (Å²) in [5.74, 6) is -1.62. The van der Waals surface area contributed by atoms with E-state index in [0.29, 0.717) is 13.1 Å². The Labute approximate surface area is 216 Å². The summed E-state index contributed by atoms with van der Waals surface area (Å²) in [5.41, 5.74) is 2.83. The summed E-state index contributed by atoms with van der Waals surface area (Å²) >= 11 is 6.43. The number of methoxy groups -OCH3 is 1. The molecule has 0 unspecified atom stereocenters. The first-order chi connectivity index (χ1) is 17.4. The Balaban J connectivity index is 1.38. The number of hydrazine groups is 1. The molecular weight excluding hydrogens is 514 g/mol. The number of carbonyl (C=O) groups is 2. The lowest BCUT2D eigenvalue weighted by atomic mass is 10.2. The molecule has 1 atom stereocenters. The molecule has 4 rings (SSSR count). The van der Waals surface area contributed by atoms with Gasteiger partial charge in [-0.2, -0.15) is 0 Å². The molecule has 14 heteroatoms. The summed E-state index contributed by atoms with van der Waals surface area (Å²) in [6.07, 6.45) is -1.27. The molecular formula is C22H26F2N6O4S2. The SMILES string of the molecule is COC(=S)NC[C@H]1CN(c2cc(F)c(N3CCNN(C(=O)NCc4cccs4)CC3)c(F)c2)C(=O)O1. The van der Waals surface area contributed by atoms with Crippen molar-refractivity contribution in [1.82, 2.24) is 21.1 Å². The Bertz CT molecular complexity index is 1080. The number of cyclic esters (lactones) is 1. The van der Waals surface area contributed by atoms with Gasteiger partial charge in [0.05, 0.1) is 39.0 Å². The molecule has 2 fully saturated rings. The van der Waals surface area contributed by atoms with Crippen LogP contribution in [-0.2, 0) is 16.0 Å². The molecule has 36 heavy (non-hydrogen) atoms. The number of hydrogen-bond acceptors (Lipinski definition) is 8. The smallest absolute Gasteiger partial charge is 0.414 e. The van der Waals surface area contributed by atoms with E-state index in [1.54, 1.807) is 11.3 Å². The number of thiophene rings is 1. The summed E-state index contributed by atoms with van der Waals surface area (Å²) < 4.78 is 40.3. The van der Waals surface area contributed by atoms with E-state index >= 15 is 8.78 Å². The van der Waals surface area contributed by atoms with Gasteiger partial charge in [0.15, 0.2) is 11.6 Å². The zero-order valence-electron chi connectivity index (χ0n) is 19.5. The Morgan fingerprint density at radius 1 is 1.28 bits per heavy atom. The normalized spacial score (nSPS) is 18.0. The van der Waals surface area contributed by atoms with Crippen molar-refractivity contribution in [2.75, 3.05) is 56.2 Å². The zero-order valence-corrected chi connectivity index (χ0v) is 21.1. The van der Waals surface area contributed by atoms with E-state index in [1.807, 2.05) is 17.5 Å². The minimum Gasteiger partial charge on any atom is -0.474 e. The summed E-state index contributed by atoms with van der Waals surface area (Å²) in [6, 6.07) is 5.74. The van der Waals surface area contributed by atoms with Crippen molar-refractivity contribution < 1.29 is 27.8 Å². The molecule has 3 heterocycles. The molecule has 1 aromatic heterocycles. The third-order valence-electron chi connectivity index (χ3n) is 5.68. The van der Waals surface area contributed by atoms with Crippen LogP contribution in [0.5, 0.6) is 0 Å². The van der Waals surface area contributed by atoms with Gasteiger partial charge in [-0.05, 0) is 23.7 Å². The van der Waals surface area contributed by atoms with E-state index in [9.17, 15) is 9.59 Å². The average molecular weight is 541 g/mol. The highest BCUT2D eigenvalue weighted by Crippen LogP contribution is 2.31. The van der Waals surface area contributed by atoms with Gasteiger partial charge in [-0.15, -0.1) is 11.3 Å². The predicted octanol–water partition coefficient (Wildman–Crippen LogP) is 2.41. The number of carbonyl (C=O) groups excluding carboxylic acids is 2. The molecule has 194 valence electrons. The molecule has 3 N–H and O–H groups in total. The Hall–Kier alpha value is -3.23. The second-order valence-corrected chi connectivity index (χ2v) is 9.43. The molecule has 1 aromatic carbocycles. The first-order valence-corrected chi connectivity index (χ1v) is 12.5. The largest absolute Gasteiger partial charge is 0.474 e. The third-order valence-corrected chi connectivity index (χ3v) is 6.87. The maximum absolute atomic E-state index is 15.1. The highest BCUT2D eigenvalue weighted by molar-refractivity contribution is 7.80. The van der Waals surface area contributed by atoms with Gasteiger partial charge in [0.2, 0.25) is 0 Å². The van der Waals surface area contributed by atoms with Gasteiger partial charge < -0.3 is 25.0 Å². The van der Waals surface area contributed by atoms with Crippen molar-refractivity contribution in [2.24, 2.45) is 0 Å². The quantitative estimate of drug-likeness (QED) is 0.481. The van der Waals surface area contributed by atoms with Crippen molar-refractivity contribution in [3.05, 3.63) is 46.2 Å². The van der Waals surface area contributed by atoms with Crippen LogP contribution in [0.15, 0.2) is 29.6 Å². The Morgan fingerprint density at radius 3 is 2.75 bits per heavy atom. The van der Waals surface area contributed by atoms with E-state index in [2.05, 4.69) is 16.1 Å². The molecule has 0 spiro atoms. The molecule has 0 bridgehead atoms. The first-order valence-electron chi connectivity index (χ1n) is 11.2. The fraction of sp³-hybridized carbons (Fsp3) is 0.409.